The molecular weight excluding hydrogens is 169 g/mol. The number of nitrogens with one attached hydrogen (secondary N) is 1. The van der Waals surface area contributed by atoms with Crippen LogP contribution in [0.25, 0.3) is 0 Å². The van der Waals surface area contributed by atoms with Crippen LogP contribution in [0.4, 0.5) is 4.39 Å². The van der Waals surface area contributed by atoms with E-state index in [2.05, 4.69) is 0 Å². The molecule has 0 aliphatic heterocycles. The normalized spacial score (nSPS) is 8.62. The van der Waals surface area contributed by atoms with E-state index in [0.717, 1.165) is 6.07 Å². The lowest BCUT2D eigenvalue weighted by molar-refractivity contribution is 0.432. The number of hydrogen-bond donors (Lipinski definition) is 2. The van der Waals surface area contributed by atoms with Crippen LogP contribution in [0.2, 0.25) is 0 Å². The molecule has 0 atom stereocenters. The number of rotatable bonds is 1. The van der Waals surface area contributed by atoms with Gasteiger partial charge in [-0.05, 0) is 30.7 Å². The molecule has 0 amide bonds. The van der Waals surface area contributed by atoms with Crippen LogP contribution >= 0.6 is 0 Å². The summed E-state index contributed by atoms with van der Waals surface area (Å²) in [6.45, 7) is 5.56. The first-order chi connectivity index (χ1) is 6.11. The summed E-state index contributed by atoms with van der Waals surface area (Å²) in [5.41, 5.74) is 0.768. The standard InChI is InChI=1S/C8H8FNO.C2H6/c1-5(10)6-2-3-8(11)7(9)4-6;1-2/h2-4,10-11H,1H3;1-2H3. The number of benzene rings is 1. The zero-order valence-electron chi connectivity index (χ0n) is 8.06. The summed E-state index contributed by atoms with van der Waals surface area (Å²) in [6.07, 6.45) is 0. The number of phenolic OH excluding ortho intramolecular Hbond substituents is 1. The third-order valence-electron chi connectivity index (χ3n) is 1.38. The second kappa shape index (κ2) is 5.30. The van der Waals surface area contributed by atoms with E-state index in [1.54, 1.807) is 6.92 Å². The Morgan fingerprint density at radius 2 is 1.92 bits per heavy atom. The van der Waals surface area contributed by atoms with Crippen LogP contribution in [-0.4, -0.2) is 10.8 Å². The van der Waals surface area contributed by atoms with Crippen LogP contribution in [0, 0.1) is 11.2 Å². The van der Waals surface area contributed by atoms with Crippen molar-refractivity contribution in [3.05, 3.63) is 29.6 Å². The molecule has 0 unspecified atom stereocenters. The van der Waals surface area contributed by atoms with Crippen LogP contribution in [0.3, 0.4) is 0 Å². The predicted octanol–water partition coefficient (Wildman–Crippen LogP) is 2.95. The Morgan fingerprint density at radius 3 is 2.31 bits per heavy atom. The minimum atomic E-state index is -0.686. The third-order valence-corrected chi connectivity index (χ3v) is 1.38. The lowest BCUT2D eigenvalue weighted by Gasteiger charge is -1.98. The number of aromatic hydroxyl groups is 1. The van der Waals surface area contributed by atoms with E-state index >= 15 is 0 Å². The van der Waals surface area contributed by atoms with Crippen LogP contribution in [-0.2, 0) is 0 Å². The fourth-order valence-corrected chi connectivity index (χ4v) is 0.740. The molecule has 1 aromatic rings. The topological polar surface area (TPSA) is 44.1 Å². The minimum absolute atomic E-state index is 0.281. The second-order valence-corrected chi connectivity index (χ2v) is 2.29. The molecule has 0 fully saturated rings. The van der Waals surface area contributed by atoms with Gasteiger partial charge in [0.15, 0.2) is 11.6 Å². The van der Waals surface area contributed by atoms with Gasteiger partial charge in [0.2, 0.25) is 0 Å². The van der Waals surface area contributed by atoms with Crippen molar-refractivity contribution in [2.75, 3.05) is 0 Å². The van der Waals surface area contributed by atoms with E-state index in [-0.39, 0.29) is 11.5 Å². The molecule has 13 heavy (non-hydrogen) atoms. The number of hydrogen-bond acceptors (Lipinski definition) is 2. The predicted molar refractivity (Wildman–Crippen MR) is 51.9 cm³/mol. The average molecular weight is 183 g/mol. The SMILES string of the molecule is CC.CC(=N)c1ccc(O)c(F)c1. The largest absolute Gasteiger partial charge is 0.505 e. The molecule has 0 bridgehead atoms. The van der Waals surface area contributed by atoms with Crippen molar-refractivity contribution in [2.45, 2.75) is 20.8 Å². The van der Waals surface area contributed by atoms with Gasteiger partial charge >= 0.3 is 0 Å². The number of halogens is 1. The Bertz CT molecular complexity index is 297. The maximum absolute atomic E-state index is 12.6. The van der Waals surface area contributed by atoms with E-state index in [1.165, 1.54) is 12.1 Å². The molecule has 0 heterocycles. The summed E-state index contributed by atoms with van der Waals surface area (Å²) in [5, 5.41) is 15.9. The minimum Gasteiger partial charge on any atom is -0.505 e. The van der Waals surface area contributed by atoms with Gasteiger partial charge in [-0.1, -0.05) is 13.8 Å². The maximum Gasteiger partial charge on any atom is 0.165 e. The zero-order chi connectivity index (χ0) is 10.4. The first-order valence-electron chi connectivity index (χ1n) is 4.15. The van der Waals surface area contributed by atoms with Gasteiger partial charge in [-0.3, -0.25) is 0 Å². The molecule has 0 spiro atoms. The highest BCUT2D eigenvalue weighted by atomic mass is 19.1. The summed E-state index contributed by atoms with van der Waals surface area (Å²) in [5.74, 6) is -1.07. The van der Waals surface area contributed by atoms with Crippen molar-refractivity contribution >= 4 is 5.71 Å². The Kier molecular flexibility index (Phi) is 4.74. The maximum atomic E-state index is 12.6. The van der Waals surface area contributed by atoms with Crippen molar-refractivity contribution in [1.29, 1.82) is 5.41 Å². The molecule has 72 valence electrons. The molecule has 3 heteroatoms. The van der Waals surface area contributed by atoms with Crippen LogP contribution in [0.5, 0.6) is 5.75 Å². The third kappa shape index (κ3) is 3.23. The van der Waals surface area contributed by atoms with E-state index in [1.807, 2.05) is 13.8 Å². The Labute approximate surface area is 77.5 Å². The summed E-state index contributed by atoms with van der Waals surface area (Å²) in [7, 11) is 0. The fourth-order valence-electron chi connectivity index (χ4n) is 0.740. The van der Waals surface area contributed by atoms with Crippen LogP contribution in [0.15, 0.2) is 18.2 Å². The molecular formula is C10H14FNO. The highest BCUT2D eigenvalue weighted by Gasteiger charge is 2.01. The Morgan fingerprint density at radius 1 is 1.38 bits per heavy atom. The van der Waals surface area contributed by atoms with Gasteiger partial charge < -0.3 is 10.5 Å². The first kappa shape index (κ1) is 11.6. The molecule has 0 aliphatic rings. The molecule has 0 aliphatic carbocycles. The molecule has 1 aromatic carbocycles. The van der Waals surface area contributed by atoms with Gasteiger partial charge in [-0.2, -0.15) is 0 Å². The lowest BCUT2D eigenvalue weighted by Crippen LogP contribution is -1.92. The van der Waals surface area contributed by atoms with E-state index in [4.69, 9.17) is 10.5 Å². The van der Waals surface area contributed by atoms with Crippen LogP contribution in [0.1, 0.15) is 26.3 Å². The quantitative estimate of drug-likeness (QED) is 0.646. The van der Waals surface area contributed by atoms with Gasteiger partial charge in [0.1, 0.15) is 0 Å². The van der Waals surface area contributed by atoms with Gasteiger partial charge in [0, 0.05) is 5.71 Å². The van der Waals surface area contributed by atoms with Crippen molar-refractivity contribution in [3.8, 4) is 5.75 Å². The molecule has 0 aromatic heterocycles. The Balaban J connectivity index is 0.000000671. The monoisotopic (exact) mass is 183 g/mol. The number of phenols is 1. The second-order valence-electron chi connectivity index (χ2n) is 2.29. The van der Waals surface area contributed by atoms with Crippen molar-refractivity contribution in [1.82, 2.24) is 0 Å². The van der Waals surface area contributed by atoms with E-state index in [9.17, 15) is 4.39 Å². The van der Waals surface area contributed by atoms with Crippen molar-refractivity contribution < 1.29 is 9.50 Å². The van der Waals surface area contributed by atoms with Gasteiger partial charge in [-0.15, -0.1) is 0 Å². The summed E-state index contributed by atoms with van der Waals surface area (Å²) in [6, 6.07) is 3.88. The van der Waals surface area contributed by atoms with Crippen LogP contribution < -0.4 is 0 Å². The zero-order valence-corrected chi connectivity index (χ0v) is 8.06. The molecule has 0 radical (unpaired) electrons. The Hall–Kier alpha value is -1.38. The van der Waals surface area contributed by atoms with Gasteiger partial charge in [0.05, 0.1) is 0 Å². The van der Waals surface area contributed by atoms with Crippen molar-refractivity contribution in [2.24, 2.45) is 0 Å². The molecule has 2 nitrogen and oxygen atoms in total. The van der Waals surface area contributed by atoms with E-state index in [0.29, 0.717) is 5.56 Å². The molecule has 0 saturated carbocycles. The molecule has 1 rings (SSSR count). The van der Waals surface area contributed by atoms with E-state index < -0.39 is 5.82 Å². The summed E-state index contributed by atoms with van der Waals surface area (Å²) >= 11 is 0. The highest BCUT2D eigenvalue weighted by molar-refractivity contribution is 5.96. The van der Waals surface area contributed by atoms with Gasteiger partial charge in [0.25, 0.3) is 0 Å². The molecule has 0 saturated heterocycles. The first-order valence-corrected chi connectivity index (χ1v) is 4.15. The summed E-state index contributed by atoms with van der Waals surface area (Å²) in [4.78, 5) is 0. The fraction of sp³-hybridized carbons (Fsp3) is 0.300. The smallest absolute Gasteiger partial charge is 0.165 e. The average Bonchev–Trinajstić information content (AvgIpc) is 2.13. The van der Waals surface area contributed by atoms with Gasteiger partial charge in [-0.25, -0.2) is 4.39 Å². The summed E-state index contributed by atoms with van der Waals surface area (Å²) < 4.78 is 12.6. The highest BCUT2D eigenvalue weighted by Crippen LogP contribution is 2.15. The van der Waals surface area contributed by atoms with Crippen molar-refractivity contribution in [3.63, 3.8) is 0 Å². The lowest BCUT2D eigenvalue weighted by atomic mass is 10.1. The molecule has 2 N–H and O–H groups in total.